The minimum Gasteiger partial charge on any atom is -0.465 e. The Labute approximate surface area is 271 Å². The number of amides is 1. The Morgan fingerprint density at radius 2 is 1.76 bits per heavy atom. The van der Waals surface area contributed by atoms with Gasteiger partial charge in [0, 0.05) is 22.5 Å². The zero-order valence-electron chi connectivity index (χ0n) is 24.9. The van der Waals surface area contributed by atoms with Crippen LogP contribution in [0.4, 0.5) is 27.6 Å². The Bertz CT molecular complexity index is 1710. The molecular weight excluding hydrogens is 656 g/mol. The maximum Gasteiger partial charge on any atom is 0.573 e. The van der Waals surface area contributed by atoms with E-state index in [2.05, 4.69) is 26.2 Å². The van der Waals surface area contributed by atoms with Crippen LogP contribution in [0.15, 0.2) is 54.6 Å². The number of nitrogens with one attached hydrogen (secondary N) is 2. The number of esters is 1. The fourth-order valence-corrected chi connectivity index (χ4v) is 6.19. The lowest BCUT2D eigenvalue weighted by molar-refractivity contribution is -0.274. The zero-order valence-corrected chi connectivity index (χ0v) is 26.4. The highest BCUT2D eigenvalue weighted by atomic mass is 35.5. The molecule has 1 aliphatic heterocycles. The minimum absolute atomic E-state index is 0.0278. The third-order valence-electron chi connectivity index (χ3n) is 7.62. The van der Waals surface area contributed by atoms with Crippen LogP contribution in [0.25, 0.3) is 0 Å². The molecule has 2 N–H and O–H groups in total. The van der Waals surface area contributed by atoms with Crippen molar-refractivity contribution in [1.29, 1.82) is 5.26 Å². The standard InChI is InChI=1S/C32H28Cl2F5N3O4/c1-30(2,3)14-24-31(15-40,19-10-9-17(33)13-21(19)35)25(18-6-5-7-20(34)26(18)36)27(42-24)28(43)41-22-11-8-16(29(44)45-4)12-23(22)46-32(37,38)39/h5-13,24-25,27,42H,14H2,1-4H3,(H,41,43)/t24-,25-,27+,31?/m0/s1. The lowest BCUT2D eigenvalue weighted by Gasteiger charge is -2.37. The van der Waals surface area contributed by atoms with E-state index >= 15 is 8.78 Å². The van der Waals surface area contributed by atoms with Crippen molar-refractivity contribution in [2.24, 2.45) is 5.41 Å². The van der Waals surface area contributed by atoms with Crippen LogP contribution in [0, 0.1) is 28.4 Å². The van der Waals surface area contributed by atoms with E-state index < -0.39 is 70.1 Å². The smallest absolute Gasteiger partial charge is 0.465 e. The minimum atomic E-state index is -5.22. The number of nitriles is 1. The highest BCUT2D eigenvalue weighted by molar-refractivity contribution is 6.31. The molecule has 0 bridgehead atoms. The highest BCUT2D eigenvalue weighted by Crippen LogP contribution is 2.53. The number of methoxy groups -OCH3 is 1. The molecule has 46 heavy (non-hydrogen) atoms. The van der Waals surface area contributed by atoms with Crippen LogP contribution in [-0.2, 0) is 14.9 Å². The molecule has 1 amide bonds. The number of benzene rings is 3. The van der Waals surface area contributed by atoms with Gasteiger partial charge in [-0.05, 0) is 53.8 Å². The summed E-state index contributed by atoms with van der Waals surface area (Å²) in [6.07, 6.45) is -5.05. The van der Waals surface area contributed by atoms with Crippen molar-refractivity contribution >= 4 is 40.8 Å². The fraction of sp³-hybridized carbons (Fsp3) is 0.344. The number of rotatable bonds is 7. The maximum absolute atomic E-state index is 15.8. The topological polar surface area (TPSA) is 100 Å². The van der Waals surface area contributed by atoms with Gasteiger partial charge in [0.1, 0.15) is 17.0 Å². The van der Waals surface area contributed by atoms with Crippen LogP contribution in [0.2, 0.25) is 10.0 Å². The third-order valence-corrected chi connectivity index (χ3v) is 8.14. The molecule has 0 saturated carbocycles. The lowest BCUT2D eigenvalue weighted by atomic mass is 9.62. The van der Waals surface area contributed by atoms with E-state index in [4.69, 9.17) is 23.2 Å². The van der Waals surface area contributed by atoms with E-state index in [0.29, 0.717) is 0 Å². The molecule has 0 aromatic heterocycles. The van der Waals surface area contributed by atoms with Gasteiger partial charge in [-0.2, -0.15) is 5.26 Å². The first kappa shape index (κ1) is 34.9. The average Bonchev–Trinajstić information content (AvgIpc) is 3.27. The largest absolute Gasteiger partial charge is 0.573 e. The molecule has 1 unspecified atom stereocenters. The molecule has 1 heterocycles. The summed E-state index contributed by atoms with van der Waals surface area (Å²) in [4.78, 5) is 26.1. The summed E-state index contributed by atoms with van der Waals surface area (Å²) < 4.78 is 80.3. The second-order valence-electron chi connectivity index (χ2n) is 11.9. The number of carbonyl (C=O) groups excluding carboxylic acids is 2. The second-order valence-corrected chi connectivity index (χ2v) is 12.8. The van der Waals surface area contributed by atoms with E-state index in [1.807, 2.05) is 20.8 Å². The number of halogens is 7. The Morgan fingerprint density at radius 3 is 2.35 bits per heavy atom. The summed E-state index contributed by atoms with van der Waals surface area (Å²) in [5.74, 6) is -6.24. The van der Waals surface area contributed by atoms with Gasteiger partial charge in [-0.15, -0.1) is 13.2 Å². The molecule has 0 aliphatic carbocycles. The molecule has 14 heteroatoms. The van der Waals surface area contributed by atoms with E-state index in [0.717, 1.165) is 31.4 Å². The van der Waals surface area contributed by atoms with Gasteiger partial charge < -0.3 is 20.1 Å². The monoisotopic (exact) mass is 683 g/mol. The van der Waals surface area contributed by atoms with Gasteiger partial charge in [-0.25, -0.2) is 13.6 Å². The van der Waals surface area contributed by atoms with E-state index in [-0.39, 0.29) is 33.2 Å². The van der Waals surface area contributed by atoms with Crippen molar-refractivity contribution in [3.8, 4) is 11.8 Å². The maximum atomic E-state index is 15.8. The van der Waals surface area contributed by atoms with Crippen molar-refractivity contribution < 1.29 is 41.0 Å². The molecule has 0 radical (unpaired) electrons. The summed E-state index contributed by atoms with van der Waals surface area (Å²) >= 11 is 12.2. The van der Waals surface area contributed by atoms with Crippen LogP contribution in [0.1, 0.15) is 54.6 Å². The molecule has 3 aromatic rings. The SMILES string of the molecule is COC(=O)c1ccc(NC(=O)[C@@H]2N[C@@H](CC(C)(C)C)C(C#N)(c3ccc(Cl)cc3F)[C@H]2c2cccc(Cl)c2F)c(OC(F)(F)F)c1. The average molecular weight is 684 g/mol. The molecule has 0 spiro atoms. The zero-order chi connectivity index (χ0) is 34.2. The Balaban J connectivity index is 1.94. The van der Waals surface area contributed by atoms with Gasteiger partial charge in [0.25, 0.3) is 0 Å². The molecular formula is C32H28Cl2F5N3O4. The normalized spacial score (nSPS) is 21.4. The van der Waals surface area contributed by atoms with Gasteiger partial charge in [0.05, 0.1) is 35.5 Å². The molecule has 7 nitrogen and oxygen atoms in total. The van der Waals surface area contributed by atoms with Crippen molar-refractivity contribution in [3.63, 3.8) is 0 Å². The lowest BCUT2D eigenvalue weighted by Crippen LogP contribution is -2.45. The molecule has 1 fully saturated rings. The number of anilines is 1. The molecule has 4 atom stereocenters. The predicted molar refractivity (Wildman–Crippen MR) is 161 cm³/mol. The fourth-order valence-electron chi connectivity index (χ4n) is 5.85. The summed E-state index contributed by atoms with van der Waals surface area (Å²) in [6.45, 7) is 5.54. The van der Waals surface area contributed by atoms with Crippen LogP contribution < -0.4 is 15.4 Å². The van der Waals surface area contributed by atoms with Crippen molar-refractivity contribution in [2.45, 2.75) is 57.0 Å². The van der Waals surface area contributed by atoms with Gasteiger partial charge >= 0.3 is 12.3 Å². The first-order valence-corrected chi connectivity index (χ1v) is 14.5. The Hall–Kier alpha value is -3.92. The quantitative estimate of drug-likeness (QED) is 0.194. The van der Waals surface area contributed by atoms with Crippen molar-refractivity contribution in [3.05, 3.63) is 93.0 Å². The van der Waals surface area contributed by atoms with Crippen LogP contribution in [0.5, 0.6) is 5.75 Å². The van der Waals surface area contributed by atoms with Crippen LogP contribution in [0.3, 0.4) is 0 Å². The predicted octanol–water partition coefficient (Wildman–Crippen LogP) is 7.92. The van der Waals surface area contributed by atoms with Crippen LogP contribution >= 0.6 is 23.2 Å². The molecule has 244 valence electrons. The number of carbonyl (C=O) groups is 2. The van der Waals surface area contributed by atoms with Crippen molar-refractivity contribution in [1.82, 2.24) is 5.32 Å². The summed E-state index contributed by atoms with van der Waals surface area (Å²) in [5.41, 5.74) is -3.67. The summed E-state index contributed by atoms with van der Waals surface area (Å²) in [6, 6.07) is 10.1. The van der Waals surface area contributed by atoms with Gasteiger partial charge in [-0.3, -0.25) is 4.79 Å². The van der Waals surface area contributed by atoms with Crippen molar-refractivity contribution in [2.75, 3.05) is 12.4 Å². The van der Waals surface area contributed by atoms with E-state index in [1.165, 1.54) is 30.3 Å². The molecule has 3 aromatic carbocycles. The molecule has 4 rings (SSSR count). The molecule has 1 saturated heterocycles. The van der Waals surface area contributed by atoms with Crippen LogP contribution in [-0.4, -0.2) is 37.4 Å². The second kappa shape index (κ2) is 13.1. The Kier molecular flexibility index (Phi) is 9.92. The summed E-state index contributed by atoms with van der Waals surface area (Å²) in [7, 11) is 1.03. The number of alkyl halides is 3. The van der Waals surface area contributed by atoms with E-state index in [9.17, 15) is 28.0 Å². The number of nitrogens with zero attached hydrogens (tertiary/aromatic N) is 1. The van der Waals surface area contributed by atoms with Gasteiger partial charge in [0.15, 0.2) is 5.75 Å². The number of ether oxygens (including phenoxy) is 2. The third kappa shape index (κ3) is 7.07. The Morgan fingerprint density at radius 1 is 1.07 bits per heavy atom. The first-order chi connectivity index (χ1) is 21.4. The number of hydrogen-bond donors (Lipinski definition) is 2. The summed E-state index contributed by atoms with van der Waals surface area (Å²) in [5, 5.41) is 16.0. The van der Waals surface area contributed by atoms with Gasteiger partial charge in [0.2, 0.25) is 5.91 Å². The number of hydrogen-bond acceptors (Lipinski definition) is 6. The first-order valence-electron chi connectivity index (χ1n) is 13.8. The highest BCUT2D eigenvalue weighted by Gasteiger charge is 2.61. The van der Waals surface area contributed by atoms with Gasteiger partial charge in [-0.1, -0.05) is 62.2 Å². The molecule has 1 aliphatic rings. The van der Waals surface area contributed by atoms with E-state index in [1.54, 1.807) is 0 Å².